The molecular formula is C17H31N3S. The van der Waals surface area contributed by atoms with Crippen molar-refractivity contribution in [2.45, 2.75) is 57.4 Å². The van der Waals surface area contributed by atoms with Gasteiger partial charge in [-0.2, -0.15) is 11.8 Å². The molecule has 3 aliphatic rings. The Morgan fingerprint density at radius 3 is 2.67 bits per heavy atom. The second-order valence-corrected chi connectivity index (χ2v) is 8.34. The van der Waals surface area contributed by atoms with E-state index < -0.39 is 0 Å². The van der Waals surface area contributed by atoms with E-state index in [2.05, 4.69) is 27.4 Å². The van der Waals surface area contributed by atoms with Crippen LogP contribution in [-0.4, -0.2) is 37.1 Å². The van der Waals surface area contributed by atoms with Crippen LogP contribution in [0.2, 0.25) is 0 Å². The molecule has 0 aromatic rings. The van der Waals surface area contributed by atoms with Crippen LogP contribution in [0.3, 0.4) is 0 Å². The molecule has 2 saturated carbocycles. The molecule has 0 aromatic carbocycles. The van der Waals surface area contributed by atoms with Crippen molar-refractivity contribution in [2.75, 3.05) is 25.1 Å². The van der Waals surface area contributed by atoms with Gasteiger partial charge in [-0.1, -0.05) is 19.3 Å². The summed E-state index contributed by atoms with van der Waals surface area (Å²) in [5, 5.41) is 7.27. The zero-order valence-electron chi connectivity index (χ0n) is 13.4. The molecule has 120 valence electrons. The van der Waals surface area contributed by atoms with E-state index in [9.17, 15) is 0 Å². The van der Waals surface area contributed by atoms with Gasteiger partial charge in [-0.05, 0) is 61.4 Å². The summed E-state index contributed by atoms with van der Waals surface area (Å²) in [6.45, 7) is 1.10. The molecule has 3 fully saturated rings. The van der Waals surface area contributed by atoms with E-state index in [0.717, 1.165) is 30.3 Å². The van der Waals surface area contributed by atoms with Crippen molar-refractivity contribution in [1.29, 1.82) is 0 Å². The molecule has 3 atom stereocenters. The number of aliphatic imine (C=N–C) groups is 1. The summed E-state index contributed by atoms with van der Waals surface area (Å²) < 4.78 is 0. The van der Waals surface area contributed by atoms with Gasteiger partial charge in [0.25, 0.3) is 0 Å². The SMILES string of the molecule is CN=C(NCC1CCSCC1)NC1CCC2CCCC2C1. The third-order valence-corrected chi connectivity index (χ3v) is 6.80. The first-order valence-corrected chi connectivity index (χ1v) is 10.1. The maximum absolute atomic E-state index is 4.44. The van der Waals surface area contributed by atoms with E-state index in [-0.39, 0.29) is 0 Å². The minimum Gasteiger partial charge on any atom is -0.356 e. The highest BCUT2D eigenvalue weighted by Crippen LogP contribution is 2.41. The molecule has 1 aliphatic heterocycles. The highest BCUT2D eigenvalue weighted by atomic mass is 32.2. The summed E-state index contributed by atoms with van der Waals surface area (Å²) in [4.78, 5) is 4.44. The summed E-state index contributed by atoms with van der Waals surface area (Å²) in [6, 6.07) is 0.650. The number of hydrogen-bond acceptors (Lipinski definition) is 2. The van der Waals surface area contributed by atoms with E-state index in [1.807, 2.05) is 7.05 Å². The molecule has 0 radical (unpaired) electrons. The maximum Gasteiger partial charge on any atom is 0.191 e. The van der Waals surface area contributed by atoms with Gasteiger partial charge in [-0.15, -0.1) is 0 Å². The molecule has 0 aromatic heterocycles. The number of guanidine groups is 1. The van der Waals surface area contributed by atoms with Crippen LogP contribution in [0, 0.1) is 17.8 Å². The van der Waals surface area contributed by atoms with Crippen molar-refractivity contribution < 1.29 is 0 Å². The summed E-state index contributed by atoms with van der Waals surface area (Å²) in [7, 11) is 1.91. The first kappa shape index (κ1) is 15.5. The van der Waals surface area contributed by atoms with Gasteiger partial charge < -0.3 is 10.6 Å². The van der Waals surface area contributed by atoms with E-state index >= 15 is 0 Å². The third-order valence-electron chi connectivity index (χ3n) is 5.75. The number of rotatable bonds is 3. The fourth-order valence-electron chi connectivity index (χ4n) is 4.41. The minimum absolute atomic E-state index is 0.650. The minimum atomic E-state index is 0.650. The normalized spacial score (nSPS) is 34.5. The molecular weight excluding hydrogens is 278 g/mol. The largest absolute Gasteiger partial charge is 0.356 e. The molecule has 4 heteroatoms. The van der Waals surface area contributed by atoms with E-state index in [4.69, 9.17) is 0 Å². The monoisotopic (exact) mass is 309 g/mol. The lowest BCUT2D eigenvalue weighted by Gasteiger charge is -2.33. The molecule has 1 saturated heterocycles. The van der Waals surface area contributed by atoms with Gasteiger partial charge in [0.1, 0.15) is 0 Å². The smallest absolute Gasteiger partial charge is 0.191 e. The zero-order valence-corrected chi connectivity index (χ0v) is 14.3. The van der Waals surface area contributed by atoms with Gasteiger partial charge >= 0.3 is 0 Å². The molecule has 0 spiro atoms. The molecule has 3 unspecified atom stereocenters. The standard InChI is InChI=1S/C17H31N3S/c1-18-17(19-12-13-7-9-21-10-8-13)20-16-6-5-14-3-2-4-15(14)11-16/h13-16H,2-12H2,1H3,(H2,18,19,20). The lowest BCUT2D eigenvalue weighted by atomic mass is 9.79. The maximum atomic E-state index is 4.44. The first-order chi connectivity index (χ1) is 10.3. The van der Waals surface area contributed by atoms with Gasteiger partial charge in [0, 0.05) is 19.6 Å². The number of hydrogen-bond donors (Lipinski definition) is 2. The van der Waals surface area contributed by atoms with E-state index in [0.29, 0.717) is 6.04 Å². The van der Waals surface area contributed by atoms with Crippen molar-refractivity contribution in [3.63, 3.8) is 0 Å². The van der Waals surface area contributed by atoms with Crippen LogP contribution in [0.15, 0.2) is 4.99 Å². The summed E-state index contributed by atoms with van der Waals surface area (Å²) in [6.07, 6.45) is 11.3. The molecule has 3 rings (SSSR count). The van der Waals surface area contributed by atoms with Gasteiger partial charge in [0.05, 0.1) is 0 Å². The fourth-order valence-corrected chi connectivity index (χ4v) is 5.62. The number of nitrogens with one attached hydrogen (secondary N) is 2. The predicted octanol–water partition coefficient (Wildman–Crippen LogP) is 3.26. The zero-order chi connectivity index (χ0) is 14.5. The van der Waals surface area contributed by atoms with Gasteiger partial charge in [0.15, 0.2) is 5.96 Å². The van der Waals surface area contributed by atoms with Gasteiger partial charge in [-0.25, -0.2) is 0 Å². The molecule has 2 aliphatic carbocycles. The van der Waals surface area contributed by atoms with Gasteiger partial charge in [0.2, 0.25) is 0 Å². The van der Waals surface area contributed by atoms with Crippen molar-refractivity contribution in [1.82, 2.24) is 10.6 Å². The average Bonchev–Trinajstić information content (AvgIpc) is 3.00. The van der Waals surface area contributed by atoms with Gasteiger partial charge in [-0.3, -0.25) is 4.99 Å². The fraction of sp³-hybridized carbons (Fsp3) is 0.941. The second-order valence-electron chi connectivity index (χ2n) is 7.11. The van der Waals surface area contributed by atoms with Crippen molar-refractivity contribution in [2.24, 2.45) is 22.7 Å². The summed E-state index contributed by atoms with van der Waals surface area (Å²) in [5.74, 6) is 6.58. The Morgan fingerprint density at radius 2 is 1.86 bits per heavy atom. The third kappa shape index (κ3) is 4.30. The first-order valence-electron chi connectivity index (χ1n) is 8.90. The van der Waals surface area contributed by atoms with Crippen LogP contribution in [0.1, 0.15) is 51.4 Å². The lowest BCUT2D eigenvalue weighted by molar-refractivity contribution is 0.239. The van der Waals surface area contributed by atoms with Crippen molar-refractivity contribution in [3.05, 3.63) is 0 Å². The predicted molar refractivity (Wildman–Crippen MR) is 93.0 cm³/mol. The number of nitrogens with zero attached hydrogens (tertiary/aromatic N) is 1. The van der Waals surface area contributed by atoms with Crippen LogP contribution in [-0.2, 0) is 0 Å². The van der Waals surface area contributed by atoms with E-state index in [1.54, 1.807) is 0 Å². The lowest BCUT2D eigenvalue weighted by Crippen LogP contribution is -2.47. The Kier molecular flexibility index (Phi) is 5.73. The van der Waals surface area contributed by atoms with Crippen LogP contribution < -0.4 is 10.6 Å². The number of thioether (sulfide) groups is 1. The molecule has 2 N–H and O–H groups in total. The Balaban J connectivity index is 1.41. The van der Waals surface area contributed by atoms with E-state index in [1.165, 1.54) is 62.9 Å². The highest BCUT2D eigenvalue weighted by Gasteiger charge is 2.33. The Bertz CT molecular complexity index is 352. The van der Waals surface area contributed by atoms with Crippen molar-refractivity contribution >= 4 is 17.7 Å². The van der Waals surface area contributed by atoms with Crippen LogP contribution >= 0.6 is 11.8 Å². The Hall–Kier alpha value is -0.380. The Labute approximate surface area is 134 Å². The molecule has 21 heavy (non-hydrogen) atoms. The molecule has 3 nitrogen and oxygen atoms in total. The average molecular weight is 310 g/mol. The summed E-state index contributed by atoms with van der Waals surface area (Å²) in [5.41, 5.74) is 0. The van der Waals surface area contributed by atoms with Crippen LogP contribution in [0.5, 0.6) is 0 Å². The molecule has 1 heterocycles. The topological polar surface area (TPSA) is 36.4 Å². The van der Waals surface area contributed by atoms with Crippen LogP contribution in [0.25, 0.3) is 0 Å². The van der Waals surface area contributed by atoms with Crippen LogP contribution in [0.4, 0.5) is 0 Å². The van der Waals surface area contributed by atoms with Crippen molar-refractivity contribution in [3.8, 4) is 0 Å². The molecule has 0 amide bonds. The molecule has 0 bridgehead atoms. The summed E-state index contributed by atoms with van der Waals surface area (Å²) >= 11 is 2.10. The Morgan fingerprint density at radius 1 is 1.05 bits per heavy atom. The second kappa shape index (κ2) is 7.75. The highest BCUT2D eigenvalue weighted by molar-refractivity contribution is 7.99. The quantitative estimate of drug-likeness (QED) is 0.620. The number of fused-ring (bicyclic) bond motifs is 1.